The molecule has 210 valence electrons. The maximum absolute atomic E-state index is 17.6. The number of methoxy groups -OCH3 is 1. The first kappa shape index (κ1) is 30.5. The maximum atomic E-state index is 17.6. The van der Waals surface area contributed by atoms with Crippen molar-refractivity contribution in [1.29, 1.82) is 0 Å². The van der Waals surface area contributed by atoms with Gasteiger partial charge < -0.3 is 15.6 Å². The number of hydrogen-bond acceptors (Lipinski definition) is 3. The van der Waals surface area contributed by atoms with Gasteiger partial charge in [-0.3, -0.25) is 0 Å². The van der Waals surface area contributed by atoms with Crippen LogP contribution in [0.2, 0.25) is 20.1 Å². The number of rotatable bonds is 5. The average Bonchev–Trinajstić information content (AvgIpc) is 2.95. The van der Waals surface area contributed by atoms with Gasteiger partial charge in [-0.05, 0) is 58.0 Å². The van der Waals surface area contributed by atoms with E-state index in [-0.39, 0.29) is 53.3 Å². The summed E-state index contributed by atoms with van der Waals surface area (Å²) in [6.07, 6.45) is 0. The van der Waals surface area contributed by atoms with Gasteiger partial charge in [0.2, 0.25) is 3.68 Å². The molecule has 3 N–H and O–H groups in total. The van der Waals surface area contributed by atoms with Crippen molar-refractivity contribution in [1.82, 2.24) is 0 Å². The van der Waals surface area contributed by atoms with E-state index >= 15 is 4.39 Å². The molecule has 1 aliphatic carbocycles. The predicted molar refractivity (Wildman–Crippen MR) is 178 cm³/mol. The number of benzene rings is 4. The molecule has 0 saturated heterocycles. The molecule has 2 unspecified atom stereocenters. The van der Waals surface area contributed by atoms with Gasteiger partial charge in [0.25, 0.3) is 0 Å². The second kappa shape index (κ2) is 11.6. The number of hydrogen-bond donors (Lipinski definition) is 2. The first-order valence-corrected chi connectivity index (χ1v) is 15.0. The first-order chi connectivity index (χ1) is 19.4. The van der Waals surface area contributed by atoms with Gasteiger partial charge in [-0.1, -0.05) is 119 Å². The number of ether oxygens (including phenoxy) is 1. The van der Waals surface area contributed by atoms with Crippen molar-refractivity contribution in [2.45, 2.75) is 9.28 Å². The number of nitrogen functional groups attached to an aromatic ring is 1. The van der Waals surface area contributed by atoms with Crippen LogP contribution < -0.4 is 5.73 Å². The van der Waals surface area contributed by atoms with Gasteiger partial charge in [0.1, 0.15) is 11.4 Å². The van der Waals surface area contributed by atoms with E-state index in [9.17, 15) is 5.11 Å². The lowest BCUT2D eigenvalue weighted by molar-refractivity contribution is 0.0884. The van der Waals surface area contributed by atoms with Crippen molar-refractivity contribution in [3.63, 3.8) is 0 Å². The van der Waals surface area contributed by atoms with Crippen LogP contribution in [0.15, 0.2) is 90.0 Å². The topological polar surface area (TPSA) is 55.5 Å². The summed E-state index contributed by atoms with van der Waals surface area (Å²) in [5.74, 6) is -0.378. The van der Waals surface area contributed by atoms with Gasteiger partial charge >= 0.3 is 0 Å². The van der Waals surface area contributed by atoms with E-state index in [1.807, 2.05) is 24.3 Å². The number of phenolic OH excluding ortho intramolecular Hbond substituents is 1. The predicted octanol–water partition coefficient (Wildman–Crippen LogP) is 10.8. The Balaban J connectivity index is 2.10. The Labute approximate surface area is 275 Å². The van der Waals surface area contributed by atoms with Crippen molar-refractivity contribution in [2.24, 2.45) is 0 Å². The van der Waals surface area contributed by atoms with Crippen LogP contribution in [0.1, 0.15) is 22.3 Å². The third-order valence-corrected chi connectivity index (χ3v) is 9.95. The standard InChI is InChI=1S/C31H20Cl5FINO2/c1-41-30(20-14-22(34)24(39)15-21(20)33)25(16-8-4-2-5-9-16)27(19-12-18(32)13-23(35)28(19)40)31(37,38)29(36)26(30)17-10-6-3-7-11-17/h2-15,40H,39H2,1H3. The highest BCUT2D eigenvalue weighted by Gasteiger charge is 2.56. The first-order valence-electron chi connectivity index (χ1n) is 12.1. The number of halogens is 7. The third-order valence-electron chi connectivity index (χ3n) is 6.96. The van der Waals surface area contributed by atoms with Gasteiger partial charge in [0, 0.05) is 45.0 Å². The zero-order valence-corrected chi connectivity index (χ0v) is 27.1. The number of allylic oxidation sites excluding steroid dienone is 2. The van der Waals surface area contributed by atoms with Gasteiger partial charge in [-0.2, -0.15) is 0 Å². The normalized spacial score (nSPS) is 21.0. The van der Waals surface area contributed by atoms with E-state index in [1.165, 1.54) is 25.3 Å². The summed E-state index contributed by atoms with van der Waals surface area (Å²) < 4.78 is 21.7. The van der Waals surface area contributed by atoms with Gasteiger partial charge in [0.05, 0.1) is 20.8 Å². The second-order valence-electron chi connectivity index (χ2n) is 9.27. The van der Waals surface area contributed by atoms with E-state index in [4.69, 9.17) is 68.5 Å². The SMILES string of the molecule is COC1(c2cc(Cl)c(N)cc2Cl)C(c2ccccc2)=C(Cl)C(F)(I)C(c2cc(Cl)cc(Cl)c2O)=C1c1ccccc1. The number of alkyl halides is 2. The molecule has 41 heavy (non-hydrogen) atoms. The van der Waals surface area contributed by atoms with Crippen LogP contribution in [0.5, 0.6) is 5.75 Å². The number of aromatic hydroxyl groups is 1. The lowest BCUT2D eigenvalue weighted by atomic mass is 9.67. The summed E-state index contributed by atoms with van der Waals surface area (Å²) in [5.41, 5.74) is 6.76. The average molecular weight is 762 g/mol. The van der Waals surface area contributed by atoms with Crippen LogP contribution >= 0.6 is 80.6 Å². The van der Waals surface area contributed by atoms with Crippen molar-refractivity contribution >= 4 is 103 Å². The van der Waals surface area contributed by atoms with Crippen molar-refractivity contribution < 1.29 is 14.2 Å². The quantitative estimate of drug-likeness (QED) is 0.121. The Kier molecular flexibility index (Phi) is 8.63. The van der Waals surface area contributed by atoms with Crippen LogP contribution in [0.25, 0.3) is 16.7 Å². The second-order valence-corrected chi connectivity index (χ2v) is 12.8. The van der Waals surface area contributed by atoms with Gasteiger partial charge in [0.15, 0.2) is 0 Å². The van der Waals surface area contributed by atoms with Crippen LogP contribution in [0.4, 0.5) is 10.1 Å². The van der Waals surface area contributed by atoms with Gasteiger partial charge in [-0.15, -0.1) is 0 Å². The van der Waals surface area contributed by atoms with E-state index in [0.29, 0.717) is 22.3 Å². The van der Waals surface area contributed by atoms with E-state index in [0.717, 1.165) is 0 Å². The summed E-state index contributed by atoms with van der Waals surface area (Å²) in [6.45, 7) is 0. The zero-order chi connectivity index (χ0) is 29.7. The molecule has 0 spiro atoms. The number of nitrogens with two attached hydrogens (primary N) is 1. The van der Waals surface area contributed by atoms with Crippen LogP contribution in [-0.2, 0) is 10.3 Å². The molecule has 4 aromatic rings. The molecule has 0 heterocycles. The Morgan fingerprint density at radius 1 is 0.756 bits per heavy atom. The Morgan fingerprint density at radius 2 is 1.32 bits per heavy atom. The summed E-state index contributed by atoms with van der Waals surface area (Å²) >= 11 is 35.0. The lowest BCUT2D eigenvalue weighted by Gasteiger charge is -2.46. The molecule has 0 fully saturated rings. The van der Waals surface area contributed by atoms with E-state index < -0.39 is 9.28 Å². The van der Waals surface area contributed by atoms with Crippen molar-refractivity contribution in [3.05, 3.63) is 132 Å². The van der Waals surface area contributed by atoms with Gasteiger partial charge in [-0.25, -0.2) is 4.39 Å². The molecule has 5 rings (SSSR count). The number of anilines is 1. The minimum absolute atomic E-state index is 0.0262. The minimum atomic E-state index is -2.41. The van der Waals surface area contributed by atoms with Crippen LogP contribution in [0.3, 0.4) is 0 Å². The highest BCUT2D eigenvalue weighted by atomic mass is 127. The molecular formula is C31H20Cl5FINO2. The summed E-state index contributed by atoms with van der Waals surface area (Å²) in [6, 6.07) is 24.0. The zero-order valence-electron chi connectivity index (χ0n) is 21.2. The van der Waals surface area contributed by atoms with Crippen molar-refractivity contribution in [2.75, 3.05) is 12.8 Å². The smallest absolute Gasteiger partial charge is 0.223 e. The monoisotopic (exact) mass is 759 g/mol. The summed E-state index contributed by atoms with van der Waals surface area (Å²) in [5, 5.41) is 11.5. The molecule has 2 atom stereocenters. The molecule has 3 nitrogen and oxygen atoms in total. The maximum Gasteiger partial charge on any atom is 0.223 e. The highest BCUT2D eigenvalue weighted by Crippen LogP contribution is 2.65. The lowest BCUT2D eigenvalue weighted by Crippen LogP contribution is -2.40. The Bertz CT molecular complexity index is 1730. The molecule has 0 aliphatic heterocycles. The molecule has 10 heteroatoms. The molecule has 1 aliphatic rings. The minimum Gasteiger partial charge on any atom is -0.506 e. The Morgan fingerprint density at radius 3 is 1.88 bits per heavy atom. The van der Waals surface area contributed by atoms with Crippen LogP contribution in [0, 0.1) is 0 Å². The molecule has 0 bridgehead atoms. The summed E-state index contributed by atoms with van der Waals surface area (Å²) in [4.78, 5) is 0. The highest BCUT2D eigenvalue weighted by molar-refractivity contribution is 14.1. The third kappa shape index (κ3) is 5.03. The fourth-order valence-corrected chi connectivity index (χ4v) is 7.37. The molecule has 0 radical (unpaired) electrons. The largest absolute Gasteiger partial charge is 0.506 e. The summed E-state index contributed by atoms with van der Waals surface area (Å²) in [7, 11) is 1.47. The van der Waals surface area contributed by atoms with E-state index in [2.05, 4.69) is 0 Å². The van der Waals surface area contributed by atoms with Crippen molar-refractivity contribution in [3.8, 4) is 5.75 Å². The molecule has 0 aromatic heterocycles. The fraction of sp³-hybridized carbons (Fsp3) is 0.0968. The van der Waals surface area contributed by atoms with E-state index in [1.54, 1.807) is 65.1 Å². The fourth-order valence-electron chi connectivity index (χ4n) is 5.24. The molecular weight excluding hydrogens is 742 g/mol. The molecule has 0 amide bonds. The number of phenols is 1. The molecule has 4 aromatic carbocycles. The Hall–Kier alpha value is -1.97. The van der Waals surface area contributed by atoms with Crippen LogP contribution in [-0.4, -0.2) is 15.9 Å². The molecule has 0 saturated carbocycles.